The van der Waals surface area contributed by atoms with Gasteiger partial charge in [-0.1, -0.05) is 0 Å². The number of anilines is 2. The normalized spacial score (nSPS) is 11.9. The molecule has 0 aliphatic heterocycles. The number of hydrogen-bond acceptors (Lipinski definition) is 7. The van der Waals surface area contributed by atoms with Crippen molar-refractivity contribution in [3.05, 3.63) is 71.9 Å². The third kappa shape index (κ3) is 5.43. The van der Waals surface area contributed by atoms with Crippen LogP contribution in [0.25, 0.3) is 10.9 Å². The molecule has 0 saturated heterocycles. The molecule has 1 amide bonds. The number of sulfonamides is 1. The van der Waals surface area contributed by atoms with E-state index in [0.717, 1.165) is 23.5 Å². The van der Waals surface area contributed by atoms with Gasteiger partial charge < -0.3 is 10.1 Å². The Labute approximate surface area is 195 Å². The molecular formula is C21H15F3N4O4S2. The molecule has 0 radical (unpaired) electrons. The minimum absolute atomic E-state index is 0.0153. The average Bonchev–Trinajstić information content (AvgIpc) is 3.29. The summed E-state index contributed by atoms with van der Waals surface area (Å²) >= 11 is 1.14. The standard InChI is InChI=1S/C21H15F3N4O4S2/c22-21(23,24)13-1-6-16-17(11-13)25-8-7-18(16)32-12-19(29)27-14-2-4-15(5-3-14)34(30,31)28-20-26-9-10-33-20/h1-11H,12H2,(H,26,28)(H,27,29). The van der Waals surface area contributed by atoms with Gasteiger partial charge in [0.1, 0.15) is 5.75 Å². The second kappa shape index (κ2) is 9.27. The van der Waals surface area contributed by atoms with Gasteiger partial charge in [-0.05, 0) is 48.5 Å². The number of hydrogen-bond donors (Lipinski definition) is 2. The largest absolute Gasteiger partial charge is 0.483 e. The van der Waals surface area contributed by atoms with E-state index >= 15 is 0 Å². The van der Waals surface area contributed by atoms with E-state index in [4.69, 9.17) is 4.74 Å². The van der Waals surface area contributed by atoms with E-state index in [-0.39, 0.29) is 21.3 Å². The third-order valence-electron chi connectivity index (χ3n) is 4.49. The highest BCUT2D eigenvalue weighted by atomic mass is 32.2. The maximum absolute atomic E-state index is 12.9. The number of amides is 1. The van der Waals surface area contributed by atoms with Gasteiger partial charge in [-0.15, -0.1) is 11.3 Å². The zero-order valence-corrected chi connectivity index (χ0v) is 18.7. The Balaban J connectivity index is 1.39. The van der Waals surface area contributed by atoms with Crippen molar-refractivity contribution in [1.29, 1.82) is 0 Å². The lowest BCUT2D eigenvalue weighted by Gasteiger charge is -2.12. The molecule has 4 aromatic rings. The Morgan fingerprint density at radius 3 is 2.47 bits per heavy atom. The molecule has 0 aliphatic carbocycles. The molecule has 13 heteroatoms. The Bertz CT molecular complexity index is 1420. The second-order valence-electron chi connectivity index (χ2n) is 6.84. The first kappa shape index (κ1) is 23.4. The number of alkyl halides is 3. The van der Waals surface area contributed by atoms with Gasteiger partial charge in [0.05, 0.1) is 16.0 Å². The molecule has 0 aliphatic rings. The summed E-state index contributed by atoms with van der Waals surface area (Å²) in [5.41, 5.74) is -0.429. The van der Waals surface area contributed by atoms with E-state index in [1.54, 1.807) is 5.38 Å². The monoisotopic (exact) mass is 508 g/mol. The van der Waals surface area contributed by atoms with Crippen molar-refractivity contribution in [2.75, 3.05) is 16.6 Å². The minimum atomic E-state index is -4.50. The molecule has 0 unspecified atom stereocenters. The first-order valence-corrected chi connectivity index (χ1v) is 11.9. The summed E-state index contributed by atoms with van der Waals surface area (Å²) < 4.78 is 71.2. The molecule has 0 bridgehead atoms. The van der Waals surface area contributed by atoms with Gasteiger partial charge in [-0.3, -0.25) is 14.5 Å². The Hall–Kier alpha value is -3.71. The van der Waals surface area contributed by atoms with Crippen LogP contribution in [0.1, 0.15) is 5.56 Å². The minimum Gasteiger partial charge on any atom is -0.483 e. The molecule has 2 aromatic heterocycles. The number of benzene rings is 2. The van der Waals surface area contributed by atoms with Gasteiger partial charge in [0.15, 0.2) is 11.7 Å². The number of carbonyl (C=O) groups excluding carboxylic acids is 1. The first-order valence-electron chi connectivity index (χ1n) is 9.53. The van der Waals surface area contributed by atoms with Crippen LogP contribution in [0.4, 0.5) is 24.0 Å². The molecule has 2 aromatic carbocycles. The molecule has 0 fully saturated rings. The number of rotatable bonds is 7. The number of fused-ring (bicyclic) bond motifs is 1. The molecule has 34 heavy (non-hydrogen) atoms. The highest BCUT2D eigenvalue weighted by molar-refractivity contribution is 7.93. The maximum atomic E-state index is 12.9. The van der Waals surface area contributed by atoms with Crippen LogP contribution in [-0.2, 0) is 21.0 Å². The van der Waals surface area contributed by atoms with E-state index in [0.29, 0.717) is 11.1 Å². The van der Waals surface area contributed by atoms with E-state index in [9.17, 15) is 26.4 Å². The topological polar surface area (TPSA) is 110 Å². The number of aromatic nitrogens is 2. The van der Waals surface area contributed by atoms with Crippen molar-refractivity contribution in [2.24, 2.45) is 0 Å². The average molecular weight is 509 g/mol. The fourth-order valence-electron chi connectivity index (χ4n) is 2.93. The van der Waals surface area contributed by atoms with Crippen LogP contribution >= 0.6 is 11.3 Å². The molecule has 176 valence electrons. The molecule has 0 saturated carbocycles. The summed E-state index contributed by atoms with van der Waals surface area (Å²) in [4.78, 5) is 20.0. The highest BCUT2D eigenvalue weighted by Gasteiger charge is 2.30. The summed E-state index contributed by atoms with van der Waals surface area (Å²) in [7, 11) is -3.82. The predicted molar refractivity (Wildman–Crippen MR) is 120 cm³/mol. The molecular weight excluding hydrogens is 493 g/mol. The number of nitrogens with one attached hydrogen (secondary N) is 2. The lowest BCUT2D eigenvalue weighted by atomic mass is 10.1. The van der Waals surface area contributed by atoms with Crippen molar-refractivity contribution in [2.45, 2.75) is 11.1 Å². The van der Waals surface area contributed by atoms with Gasteiger partial charge >= 0.3 is 6.18 Å². The fourth-order valence-corrected chi connectivity index (χ4v) is 4.72. The lowest BCUT2D eigenvalue weighted by molar-refractivity contribution is -0.137. The Morgan fingerprint density at radius 1 is 1.03 bits per heavy atom. The fraction of sp³-hybridized carbons (Fsp3) is 0.0952. The summed E-state index contributed by atoms with van der Waals surface area (Å²) in [6.45, 7) is -0.425. The van der Waals surface area contributed by atoms with E-state index in [1.165, 1.54) is 48.8 Å². The molecule has 8 nitrogen and oxygen atoms in total. The smallest absolute Gasteiger partial charge is 0.416 e. The second-order valence-corrected chi connectivity index (χ2v) is 9.42. The lowest BCUT2D eigenvalue weighted by Crippen LogP contribution is -2.20. The van der Waals surface area contributed by atoms with Crippen molar-refractivity contribution in [3.63, 3.8) is 0 Å². The van der Waals surface area contributed by atoms with E-state index in [2.05, 4.69) is 20.0 Å². The van der Waals surface area contributed by atoms with Gasteiger partial charge in [-0.2, -0.15) is 13.2 Å². The number of thiazole rings is 1. The molecule has 0 atom stereocenters. The SMILES string of the molecule is O=C(COc1ccnc2cc(C(F)(F)F)ccc12)Nc1ccc(S(=O)(=O)Nc2nccs2)cc1. The molecule has 4 rings (SSSR count). The van der Waals surface area contributed by atoms with Gasteiger partial charge in [0.2, 0.25) is 0 Å². The zero-order chi connectivity index (χ0) is 24.3. The highest BCUT2D eigenvalue weighted by Crippen LogP contribution is 2.33. The van der Waals surface area contributed by atoms with Crippen LogP contribution in [0.15, 0.2) is 71.2 Å². The maximum Gasteiger partial charge on any atom is 0.416 e. The van der Waals surface area contributed by atoms with Crippen LogP contribution in [0.2, 0.25) is 0 Å². The van der Waals surface area contributed by atoms with E-state index < -0.39 is 34.3 Å². The molecule has 2 N–H and O–H groups in total. The van der Waals surface area contributed by atoms with Crippen LogP contribution in [0.5, 0.6) is 5.75 Å². The van der Waals surface area contributed by atoms with Gasteiger partial charge in [0, 0.05) is 28.8 Å². The van der Waals surface area contributed by atoms with Crippen molar-refractivity contribution in [3.8, 4) is 5.75 Å². The number of halogens is 3. The molecule has 2 heterocycles. The van der Waals surface area contributed by atoms with Crippen LogP contribution in [0.3, 0.4) is 0 Å². The first-order chi connectivity index (χ1) is 16.1. The third-order valence-corrected chi connectivity index (χ3v) is 6.66. The number of carbonyl (C=O) groups is 1. The predicted octanol–water partition coefficient (Wildman–Crippen LogP) is 4.53. The molecule has 0 spiro atoms. The summed E-state index contributed by atoms with van der Waals surface area (Å²) in [6.07, 6.45) is -1.75. The van der Waals surface area contributed by atoms with Crippen LogP contribution in [0, 0.1) is 0 Å². The van der Waals surface area contributed by atoms with Crippen LogP contribution in [-0.4, -0.2) is 30.9 Å². The Kier molecular flexibility index (Phi) is 6.39. The number of pyridine rings is 1. The summed E-state index contributed by atoms with van der Waals surface area (Å²) in [5, 5.41) is 4.75. The summed E-state index contributed by atoms with van der Waals surface area (Å²) in [6, 6.07) is 9.96. The van der Waals surface area contributed by atoms with Crippen molar-refractivity contribution >= 4 is 49.0 Å². The van der Waals surface area contributed by atoms with Crippen molar-refractivity contribution < 1.29 is 31.1 Å². The quantitative estimate of drug-likeness (QED) is 0.380. The van der Waals surface area contributed by atoms with Crippen LogP contribution < -0.4 is 14.8 Å². The Morgan fingerprint density at radius 2 is 1.79 bits per heavy atom. The van der Waals surface area contributed by atoms with Gasteiger partial charge in [-0.25, -0.2) is 13.4 Å². The van der Waals surface area contributed by atoms with Gasteiger partial charge in [0.25, 0.3) is 15.9 Å². The zero-order valence-electron chi connectivity index (χ0n) is 17.0. The summed E-state index contributed by atoms with van der Waals surface area (Å²) in [5.74, 6) is -0.350. The van der Waals surface area contributed by atoms with Crippen molar-refractivity contribution in [1.82, 2.24) is 9.97 Å². The number of nitrogens with zero attached hydrogens (tertiary/aromatic N) is 2. The van der Waals surface area contributed by atoms with E-state index in [1.807, 2.05) is 0 Å². The number of ether oxygens (including phenoxy) is 1.